The molecular weight excluding hydrogens is 444 g/mol. The van der Waals surface area contributed by atoms with Crippen molar-refractivity contribution in [3.05, 3.63) is 68.2 Å². The average Bonchev–Trinajstić information content (AvgIpc) is 2.71. The molecule has 150 valence electrons. The first-order valence-electron chi connectivity index (χ1n) is 8.53. The molecule has 0 heterocycles. The molecular formula is C20H17BrN2O6. The minimum atomic E-state index is -0.814. The molecule has 0 radical (unpaired) electrons. The number of ether oxygens (including phenoxy) is 3. The molecule has 0 bridgehead atoms. The van der Waals surface area contributed by atoms with Gasteiger partial charge in [-0.05, 0) is 43.3 Å². The van der Waals surface area contributed by atoms with Crippen molar-refractivity contribution in [3.8, 4) is 17.6 Å². The van der Waals surface area contributed by atoms with E-state index in [0.717, 1.165) is 4.47 Å². The lowest BCUT2D eigenvalue weighted by atomic mass is 10.1. The van der Waals surface area contributed by atoms with E-state index in [4.69, 9.17) is 14.2 Å². The van der Waals surface area contributed by atoms with Gasteiger partial charge in [-0.1, -0.05) is 15.9 Å². The standard InChI is InChI=1S/C20H17BrN2O6/c1-2-27-20(24)15(13-22)11-14-12-17(23(25)26)5-8-19(14)29-10-9-28-18-6-3-16(21)4-7-18/h3-8,11-12H,2,9-10H2,1H3. The van der Waals surface area contributed by atoms with E-state index in [1.54, 1.807) is 25.1 Å². The lowest BCUT2D eigenvalue weighted by Crippen LogP contribution is -2.10. The highest BCUT2D eigenvalue weighted by Crippen LogP contribution is 2.27. The van der Waals surface area contributed by atoms with E-state index >= 15 is 0 Å². The van der Waals surface area contributed by atoms with Crippen molar-refractivity contribution in [2.24, 2.45) is 0 Å². The molecule has 8 nitrogen and oxygen atoms in total. The van der Waals surface area contributed by atoms with Crippen LogP contribution in [0.5, 0.6) is 11.5 Å². The Kier molecular flexibility index (Phi) is 8.18. The van der Waals surface area contributed by atoms with Crippen molar-refractivity contribution >= 4 is 33.7 Å². The Hall–Kier alpha value is -3.38. The highest BCUT2D eigenvalue weighted by molar-refractivity contribution is 9.10. The first kappa shape index (κ1) is 21.9. The predicted octanol–water partition coefficient (Wildman–Crippen LogP) is 4.29. The van der Waals surface area contributed by atoms with Gasteiger partial charge in [-0.3, -0.25) is 10.1 Å². The molecule has 0 amide bonds. The topological polar surface area (TPSA) is 112 Å². The molecule has 0 N–H and O–H groups in total. The van der Waals surface area contributed by atoms with Crippen molar-refractivity contribution < 1.29 is 23.9 Å². The molecule has 0 aliphatic rings. The van der Waals surface area contributed by atoms with Crippen molar-refractivity contribution in [1.82, 2.24) is 0 Å². The normalized spacial score (nSPS) is 10.7. The molecule has 2 aromatic carbocycles. The summed E-state index contributed by atoms with van der Waals surface area (Å²) in [5.74, 6) is 0.118. The van der Waals surface area contributed by atoms with E-state index in [2.05, 4.69) is 15.9 Å². The maximum absolute atomic E-state index is 11.8. The monoisotopic (exact) mass is 460 g/mol. The smallest absolute Gasteiger partial charge is 0.348 e. The van der Waals surface area contributed by atoms with Crippen LogP contribution in [0.2, 0.25) is 0 Å². The molecule has 0 unspecified atom stereocenters. The van der Waals surface area contributed by atoms with Crippen LogP contribution in [0.25, 0.3) is 6.08 Å². The summed E-state index contributed by atoms with van der Waals surface area (Å²) in [6.07, 6.45) is 1.20. The number of nitrogens with zero attached hydrogens (tertiary/aromatic N) is 2. The molecule has 2 rings (SSSR count). The van der Waals surface area contributed by atoms with E-state index in [0.29, 0.717) is 5.75 Å². The number of nitro groups is 1. The molecule has 0 saturated heterocycles. The number of rotatable bonds is 9. The van der Waals surface area contributed by atoms with E-state index in [-0.39, 0.29) is 42.4 Å². The zero-order valence-electron chi connectivity index (χ0n) is 15.5. The number of benzene rings is 2. The van der Waals surface area contributed by atoms with Crippen LogP contribution in [0.15, 0.2) is 52.5 Å². The third-order valence-corrected chi connectivity index (χ3v) is 4.07. The molecule has 2 aromatic rings. The number of hydrogen-bond acceptors (Lipinski definition) is 7. The van der Waals surface area contributed by atoms with Crippen LogP contribution in [0, 0.1) is 21.4 Å². The predicted molar refractivity (Wildman–Crippen MR) is 108 cm³/mol. The van der Waals surface area contributed by atoms with Crippen LogP contribution in [-0.2, 0) is 9.53 Å². The van der Waals surface area contributed by atoms with Crippen LogP contribution in [0.3, 0.4) is 0 Å². The Labute approximate surface area is 175 Å². The van der Waals surface area contributed by atoms with Gasteiger partial charge in [0.1, 0.15) is 36.4 Å². The second kappa shape index (κ2) is 10.8. The van der Waals surface area contributed by atoms with Crippen molar-refractivity contribution in [2.75, 3.05) is 19.8 Å². The summed E-state index contributed by atoms with van der Waals surface area (Å²) in [6.45, 7) is 2.09. The number of non-ortho nitro benzene ring substituents is 1. The number of esters is 1. The fourth-order valence-corrected chi connectivity index (χ4v) is 2.50. The molecule has 0 saturated carbocycles. The molecule has 29 heavy (non-hydrogen) atoms. The van der Waals surface area contributed by atoms with Gasteiger partial charge in [0.15, 0.2) is 0 Å². The number of carbonyl (C=O) groups excluding carboxylic acids is 1. The first-order chi connectivity index (χ1) is 13.9. The Morgan fingerprint density at radius 2 is 1.90 bits per heavy atom. The number of hydrogen-bond donors (Lipinski definition) is 0. The largest absolute Gasteiger partial charge is 0.490 e. The zero-order chi connectivity index (χ0) is 21.2. The first-order valence-corrected chi connectivity index (χ1v) is 9.32. The van der Waals surface area contributed by atoms with Crippen LogP contribution >= 0.6 is 15.9 Å². The van der Waals surface area contributed by atoms with Gasteiger partial charge in [0.2, 0.25) is 0 Å². The molecule has 0 atom stereocenters. The average molecular weight is 461 g/mol. The minimum absolute atomic E-state index is 0.101. The highest BCUT2D eigenvalue weighted by Gasteiger charge is 2.15. The summed E-state index contributed by atoms with van der Waals surface area (Å²) in [7, 11) is 0. The lowest BCUT2D eigenvalue weighted by molar-refractivity contribution is -0.384. The molecule has 0 spiro atoms. The maximum Gasteiger partial charge on any atom is 0.348 e. The molecule has 0 aliphatic heterocycles. The lowest BCUT2D eigenvalue weighted by Gasteiger charge is -2.11. The van der Waals surface area contributed by atoms with Gasteiger partial charge < -0.3 is 14.2 Å². The van der Waals surface area contributed by atoms with Crippen LogP contribution in [0.1, 0.15) is 12.5 Å². The number of halogens is 1. The van der Waals surface area contributed by atoms with E-state index in [9.17, 15) is 20.2 Å². The zero-order valence-corrected chi connectivity index (χ0v) is 17.0. The fourth-order valence-electron chi connectivity index (χ4n) is 2.24. The van der Waals surface area contributed by atoms with E-state index < -0.39 is 10.9 Å². The van der Waals surface area contributed by atoms with Crippen LogP contribution < -0.4 is 9.47 Å². The minimum Gasteiger partial charge on any atom is -0.490 e. The molecule has 0 aromatic heterocycles. The van der Waals surface area contributed by atoms with E-state index in [1.807, 2.05) is 12.1 Å². The van der Waals surface area contributed by atoms with Crippen molar-refractivity contribution in [3.63, 3.8) is 0 Å². The van der Waals surface area contributed by atoms with Gasteiger partial charge in [-0.15, -0.1) is 0 Å². The summed E-state index contributed by atoms with van der Waals surface area (Å²) in [6, 6.07) is 12.9. The van der Waals surface area contributed by atoms with Gasteiger partial charge in [0, 0.05) is 22.2 Å². The highest BCUT2D eigenvalue weighted by atomic mass is 79.9. The Morgan fingerprint density at radius 3 is 2.52 bits per heavy atom. The quantitative estimate of drug-likeness (QED) is 0.137. The summed E-state index contributed by atoms with van der Waals surface area (Å²) < 4.78 is 16.9. The Morgan fingerprint density at radius 1 is 1.21 bits per heavy atom. The molecule has 0 fully saturated rings. The summed E-state index contributed by atoms with van der Waals surface area (Å²) in [4.78, 5) is 22.3. The third kappa shape index (κ3) is 6.62. The van der Waals surface area contributed by atoms with Crippen LogP contribution in [0.4, 0.5) is 5.69 Å². The van der Waals surface area contributed by atoms with Gasteiger partial charge in [-0.2, -0.15) is 5.26 Å². The third-order valence-electron chi connectivity index (χ3n) is 3.54. The van der Waals surface area contributed by atoms with Gasteiger partial charge >= 0.3 is 5.97 Å². The van der Waals surface area contributed by atoms with E-state index in [1.165, 1.54) is 24.3 Å². The van der Waals surface area contributed by atoms with Crippen LogP contribution in [-0.4, -0.2) is 30.7 Å². The second-order valence-corrected chi connectivity index (χ2v) is 6.44. The Bertz CT molecular complexity index is 950. The van der Waals surface area contributed by atoms with Gasteiger partial charge in [0.25, 0.3) is 5.69 Å². The molecule has 9 heteroatoms. The van der Waals surface area contributed by atoms with Gasteiger partial charge in [-0.25, -0.2) is 4.79 Å². The maximum atomic E-state index is 11.8. The second-order valence-electron chi connectivity index (χ2n) is 5.52. The summed E-state index contributed by atoms with van der Waals surface area (Å²) >= 11 is 3.34. The number of carbonyl (C=O) groups is 1. The van der Waals surface area contributed by atoms with Crippen molar-refractivity contribution in [2.45, 2.75) is 6.92 Å². The number of nitro benzene ring substituents is 1. The fraction of sp³-hybridized carbons (Fsp3) is 0.200. The summed E-state index contributed by atoms with van der Waals surface area (Å²) in [5, 5.41) is 20.3. The SMILES string of the molecule is CCOC(=O)C(C#N)=Cc1cc([N+](=O)[O-])ccc1OCCOc1ccc(Br)cc1. The van der Waals surface area contributed by atoms with Crippen molar-refractivity contribution in [1.29, 1.82) is 5.26 Å². The summed E-state index contributed by atoms with van der Waals surface area (Å²) in [5.41, 5.74) is -0.272. The van der Waals surface area contributed by atoms with Gasteiger partial charge in [0.05, 0.1) is 11.5 Å². The number of nitriles is 1. The Balaban J connectivity index is 2.15. The molecule has 0 aliphatic carbocycles.